The molecule has 0 spiro atoms. The first kappa shape index (κ1) is 22.2. The van der Waals surface area contributed by atoms with Gasteiger partial charge < -0.3 is 14.6 Å². The topological polar surface area (TPSA) is 105 Å². The molecule has 8 nitrogen and oxygen atoms in total. The number of nitrogens with zero attached hydrogens (tertiary/aromatic N) is 3. The third-order valence-electron chi connectivity index (χ3n) is 5.19. The molecule has 3 heterocycles. The number of aryl methyl sites for hydroxylation is 1. The van der Waals surface area contributed by atoms with Gasteiger partial charge in [0.1, 0.15) is 11.5 Å². The summed E-state index contributed by atoms with van der Waals surface area (Å²) in [4.78, 5) is 19.8. The van der Waals surface area contributed by atoms with Crippen LogP contribution in [0, 0.1) is 6.92 Å². The van der Waals surface area contributed by atoms with Crippen molar-refractivity contribution in [3.8, 4) is 10.8 Å². The third kappa shape index (κ3) is 4.91. The molecular formula is C22H24N4O4S2. The monoisotopic (exact) mass is 472 g/mol. The van der Waals surface area contributed by atoms with E-state index in [-0.39, 0.29) is 10.6 Å². The number of benzene rings is 1. The highest BCUT2D eigenvalue weighted by Gasteiger charge is 2.21. The maximum atomic E-state index is 12.9. The highest BCUT2D eigenvalue weighted by Crippen LogP contribution is 2.28. The van der Waals surface area contributed by atoms with Crippen LogP contribution >= 0.6 is 11.3 Å². The molecule has 1 aromatic carbocycles. The Balaban J connectivity index is 1.55. The van der Waals surface area contributed by atoms with Crippen LogP contribution in [0.3, 0.4) is 0 Å². The van der Waals surface area contributed by atoms with Gasteiger partial charge in [-0.15, -0.1) is 15.7 Å². The largest absolute Gasteiger partial charge is 0.462 e. The van der Waals surface area contributed by atoms with Gasteiger partial charge in [0.05, 0.1) is 11.2 Å². The zero-order valence-electron chi connectivity index (χ0n) is 17.9. The average Bonchev–Trinajstić information content (AvgIpc) is 3.38. The molecule has 1 aliphatic rings. The van der Waals surface area contributed by atoms with Gasteiger partial charge in [-0.05, 0) is 50.1 Å². The van der Waals surface area contributed by atoms with Crippen molar-refractivity contribution >= 4 is 38.8 Å². The Kier molecular flexibility index (Phi) is 6.43. The lowest BCUT2D eigenvalue weighted by molar-refractivity contribution is 0.102. The maximum Gasteiger partial charge on any atom is 0.284 e. The minimum atomic E-state index is -3.90. The number of rotatable bonds is 5. The molecule has 1 saturated heterocycles. The Morgan fingerprint density at radius 2 is 2.06 bits per heavy atom. The van der Waals surface area contributed by atoms with Crippen molar-refractivity contribution in [2.75, 3.05) is 18.9 Å². The van der Waals surface area contributed by atoms with Gasteiger partial charge in [0.25, 0.3) is 15.9 Å². The van der Waals surface area contributed by atoms with E-state index in [4.69, 9.17) is 4.42 Å². The van der Waals surface area contributed by atoms with Crippen LogP contribution in [0.5, 0.6) is 0 Å². The Hall–Kier alpha value is -2.98. The number of likely N-dealkylation sites (tertiary alicyclic amines) is 1. The van der Waals surface area contributed by atoms with Crippen molar-refractivity contribution in [2.45, 2.75) is 37.5 Å². The van der Waals surface area contributed by atoms with Gasteiger partial charge in [-0.25, -0.2) is 4.98 Å². The summed E-state index contributed by atoms with van der Waals surface area (Å²) in [7, 11) is -2.03. The predicted octanol–water partition coefficient (Wildman–Crippen LogP) is 4.56. The molecule has 0 radical (unpaired) electrons. The number of amides is 1. The molecule has 1 amide bonds. The van der Waals surface area contributed by atoms with Gasteiger partial charge in [0.2, 0.25) is 0 Å². The summed E-state index contributed by atoms with van der Waals surface area (Å²) < 4.78 is 35.2. The molecule has 4 rings (SSSR count). The molecule has 0 aliphatic carbocycles. The Morgan fingerprint density at radius 1 is 1.22 bits per heavy atom. The quantitative estimate of drug-likeness (QED) is 0.584. The molecule has 32 heavy (non-hydrogen) atoms. The highest BCUT2D eigenvalue weighted by atomic mass is 32.2. The number of amidine groups is 1. The van der Waals surface area contributed by atoms with Crippen molar-refractivity contribution in [3.63, 3.8) is 0 Å². The lowest BCUT2D eigenvalue weighted by Gasteiger charge is -2.17. The lowest BCUT2D eigenvalue weighted by atomic mass is 10.2. The average molecular weight is 473 g/mol. The summed E-state index contributed by atoms with van der Waals surface area (Å²) in [5, 5.41) is 3.35. The van der Waals surface area contributed by atoms with E-state index < -0.39 is 15.9 Å². The molecule has 10 heteroatoms. The fourth-order valence-corrected chi connectivity index (χ4v) is 5.49. The Bertz CT molecular complexity index is 1250. The second-order valence-corrected chi connectivity index (χ2v) is 10.4. The molecule has 1 aliphatic heterocycles. The van der Waals surface area contributed by atoms with E-state index in [1.165, 1.54) is 23.5 Å². The highest BCUT2D eigenvalue weighted by molar-refractivity contribution is 7.90. The zero-order valence-corrected chi connectivity index (χ0v) is 19.5. The van der Waals surface area contributed by atoms with E-state index in [9.17, 15) is 13.2 Å². The van der Waals surface area contributed by atoms with Gasteiger partial charge in [-0.1, -0.05) is 12.5 Å². The third-order valence-corrected chi connectivity index (χ3v) is 7.48. The van der Waals surface area contributed by atoms with E-state index in [0.29, 0.717) is 28.7 Å². The number of anilines is 1. The van der Waals surface area contributed by atoms with Crippen LogP contribution in [0.4, 0.5) is 5.69 Å². The molecule has 1 N–H and O–H groups in total. The Morgan fingerprint density at radius 3 is 2.84 bits per heavy atom. The van der Waals surface area contributed by atoms with E-state index in [0.717, 1.165) is 30.7 Å². The summed E-state index contributed by atoms with van der Waals surface area (Å²) in [5.41, 5.74) is 0.632. The molecule has 1 fully saturated rings. The second-order valence-electron chi connectivity index (χ2n) is 7.60. The van der Waals surface area contributed by atoms with Crippen molar-refractivity contribution in [1.29, 1.82) is 0 Å². The normalized spacial score (nSPS) is 16.2. The van der Waals surface area contributed by atoms with Crippen LogP contribution in [0.25, 0.3) is 10.8 Å². The van der Waals surface area contributed by atoms with Gasteiger partial charge >= 0.3 is 0 Å². The molecule has 0 unspecified atom stereocenters. The molecule has 2 aromatic heterocycles. The number of hydrogen-bond acceptors (Lipinski definition) is 6. The van der Waals surface area contributed by atoms with Gasteiger partial charge in [0.15, 0.2) is 10.8 Å². The van der Waals surface area contributed by atoms with Crippen molar-refractivity contribution < 1.29 is 17.6 Å². The summed E-state index contributed by atoms with van der Waals surface area (Å²) in [6, 6.07) is 9.66. The second kappa shape index (κ2) is 9.25. The predicted molar refractivity (Wildman–Crippen MR) is 125 cm³/mol. The standard InChI is InChI=1S/C22H24N4O4S2/c1-15-20(24-22(31-15)18-10-7-13-30-18)21(27)23-16-8-6-9-17(14-16)32(28,29)25-19-11-4-3-5-12-26(19)2/h6-10,13-14H,3-5,11-12H2,1-2H3,(H,23,27)/b25-19+. The maximum absolute atomic E-state index is 12.9. The van der Waals surface area contributed by atoms with Gasteiger partial charge in [0, 0.05) is 30.6 Å². The van der Waals surface area contributed by atoms with Crippen molar-refractivity contribution in [3.05, 3.63) is 53.2 Å². The summed E-state index contributed by atoms with van der Waals surface area (Å²) in [5.74, 6) is 0.745. The molecule has 3 aromatic rings. The number of nitrogens with one attached hydrogen (secondary N) is 1. The first-order chi connectivity index (χ1) is 15.3. The van der Waals surface area contributed by atoms with Gasteiger partial charge in [-0.3, -0.25) is 4.79 Å². The minimum Gasteiger partial charge on any atom is -0.462 e. The Labute approximate surface area is 191 Å². The number of carbonyl (C=O) groups excluding carboxylic acids is 1. The van der Waals surface area contributed by atoms with E-state index >= 15 is 0 Å². The van der Waals surface area contributed by atoms with Crippen LogP contribution in [-0.4, -0.2) is 43.6 Å². The van der Waals surface area contributed by atoms with Gasteiger partial charge in [-0.2, -0.15) is 8.42 Å². The fourth-order valence-electron chi connectivity index (χ4n) is 3.47. The SMILES string of the molecule is Cc1sc(-c2ccco2)nc1C(=O)Nc1cccc(S(=O)(=O)/N=C2\CCCCCN2C)c1. The summed E-state index contributed by atoms with van der Waals surface area (Å²) >= 11 is 1.36. The number of thiazole rings is 1. The number of furan rings is 1. The number of carbonyl (C=O) groups is 1. The van der Waals surface area contributed by atoms with Crippen LogP contribution in [0.1, 0.15) is 41.0 Å². The van der Waals surface area contributed by atoms with E-state index in [1.807, 2.05) is 11.9 Å². The first-order valence-electron chi connectivity index (χ1n) is 10.3. The van der Waals surface area contributed by atoms with Crippen molar-refractivity contribution in [1.82, 2.24) is 9.88 Å². The van der Waals surface area contributed by atoms with E-state index in [1.54, 1.807) is 37.5 Å². The van der Waals surface area contributed by atoms with Crippen LogP contribution in [-0.2, 0) is 10.0 Å². The number of hydrogen-bond donors (Lipinski definition) is 1. The molecule has 0 bridgehead atoms. The smallest absolute Gasteiger partial charge is 0.284 e. The van der Waals surface area contributed by atoms with Crippen LogP contribution in [0.15, 0.2) is 56.4 Å². The van der Waals surface area contributed by atoms with Crippen molar-refractivity contribution in [2.24, 2.45) is 4.40 Å². The number of sulfonamides is 1. The molecular weight excluding hydrogens is 448 g/mol. The summed E-state index contributed by atoms with van der Waals surface area (Å²) in [6.45, 7) is 2.59. The van der Waals surface area contributed by atoms with E-state index in [2.05, 4.69) is 14.7 Å². The van der Waals surface area contributed by atoms with Crippen LogP contribution < -0.4 is 5.32 Å². The lowest BCUT2D eigenvalue weighted by Crippen LogP contribution is -2.26. The molecule has 0 saturated carbocycles. The number of aromatic nitrogens is 1. The van der Waals surface area contributed by atoms with Crippen LogP contribution in [0.2, 0.25) is 0 Å². The zero-order chi connectivity index (χ0) is 22.7. The first-order valence-corrected chi connectivity index (χ1v) is 12.6. The minimum absolute atomic E-state index is 0.0340. The fraction of sp³-hybridized carbons (Fsp3) is 0.318. The molecule has 0 atom stereocenters. The molecule has 168 valence electrons. The summed E-state index contributed by atoms with van der Waals surface area (Å²) in [6.07, 6.45) is 5.18.